The number of hydrogen-bond acceptors (Lipinski definition) is 2. The molecule has 5 heteroatoms. The number of rotatable bonds is 4. The average molecular weight is 326 g/mol. The Morgan fingerprint density at radius 2 is 2.20 bits per heavy atom. The minimum absolute atomic E-state index is 0.0462. The number of halogens is 3. The van der Waals surface area contributed by atoms with Crippen LogP contribution in [-0.2, 0) is 0 Å². The Morgan fingerprint density at radius 1 is 1.53 bits per heavy atom. The molecule has 0 amide bonds. The summed E-state index contributed by atoms with van der Waals surface area (Å²) < 4.78 is 28.9. The first-order chi connectivity index (χ1) is 7.04. The molecular formula is C10H9F2IO2. The van der Waals surface area contributed by atoms with Crippen molar-refractivity contribution in [2.75, 3.05) is 0 Å². The number of benzene rings is 1. The van der Waals surface area contributed by atoms with Crippen LogP contribution in [0.2, 0.25) is 0 Å². The zero-order valence-electron chi connectivity index (χ0n) is 7.97. The first kappa shape index (κ1) is 12.4. The molecule has 1 aromatic rings. The van der Waals surface area contributed by atoms with E-state index < -0.39 is 6.61 Å². The van der Waals surface area contributed by atoms with Gasteiger partial charge < -0.3 is 4.74 Å². The maximum Gasteiger partial charge on any atom is 0.387 e. The molecule has 1 rings (SSSR count). The minimum Gasteiger partial charge on any atom is -0.434 e. The quantitative estimate of drug-likeness (QED) is 0.625. The third-order valence-electron chi connectivity index (χ3n) is 1.79. The topological polar surface area (TPSA) is 26.3 Å². The fraction of sp³-hybridized carbons (Fsp3) is 0.300. The molecule has 0 aromatic heterocycles. The number of hydrogen-bond donors (Lipinski definition) is 0. The van der Waals surface area contributed by atoms with Gasteiger partial charge in [0.25, 0.3) is 0 Å². The monoisotopic (exact) mass is 326 g/mol. The number of ketones is 1. The van der Waals surface area contributed by atoms with Crippen LogP contribution in [0.1, 0.15) is 23.7 Å². The second kappa shape index (κ2) is 5.39. The van der Waals surface area contributed by atoms with Crippen molar-refractivity contribution in [3.63, 3.8) is 0 Å². The van der Waals surface area contributed by atoms with Crippen molar-refractivity contribution in [1.82, 2.24) is 0 Å². The molecule has 0 bridgehead atoms. The number of carbonyl (C=O) groups excluding carboxylic acids is 1. The van der Waals surface area contributed by atoms with E-state index in [4.69, 9.17) is 0 Å². The predicted molar refractivity (Wildman–Crippen MR) is 60.4 cm³/mol. The van der Waals surface area contributed by atoms with Gasteiger partial charge in [0.05, 0.1) is 3.57 Å². The van der Waals surface area contributed by atoms with Crippen LogP contribution in [0.4, 0.5) is 8.78 Å². The zero-order chi connectivity index (χ0) is 11.4. The number of alkyl halides is 2. The molecule has 1 aromatic carbocycles. The summed E-state index contributed by atoms with van der Waals surface area (Å²) >= 11 is 1.88. The first-order valence-corrected chi connectivity index (χ1v) is 5.40. The highest BCUT2D eigenvalue weighted by Gasteiger charge is 2.11. The maximum atomic E-state index is 12.0. The van der Waals surface area contributed by atoms with Crippen LogP contribution in [0.15, 0.2) is 18.2 Å². The second-order valence-corrected chi connectivity index (χ2v) is 3.96. The summed E-state index contributed by atoms with van der Waals surface area (Å²) in [6, 6.07) is 4.53. The molecular weight excluding hydrogens is 317 g/mol. The van der Waals surface area contributed by atoms with Crippen LogP contribution in [0.3, 0.4) is 0 Å². The first-order valence-electron chi connectivity index (χ1n) is 4.32. The lowest BCUT2D eigenvalue weighted by Crippen LogP contribution is -2.05. The summed E-state index contributed by atoms with van der Waals surface area (Å²) in [5.41, 5.74) is 0.397. The van der Waals surface area contributed by atoms with E-state index in [0.29, 0.717) is 15.6 Å². The van der Waals surface area contributed by atoms with Gasteiger partial charge in [-0.2, -0.15) is 8.78 Å². The van der Waals surface area contributed by atoms with E-state index in [1.807, 2.05) is 22.6 Å². The lowest BCUT2D eigenvalue weighted by atomic mass is 10.1. The molecule has 2 nitrogen and oxygen atoms in total. The Bertz CT molecular complexity index is 366. The van der Waals surface area contributed by atoms with Crippen LogP contribution in [0, 0.1) is 3.57 Å². The molecule has 0 radical (unpaired) electrons. The minimum atomic E-state index is -2.87. The summed E-state index contributed by atoms with van der Waals surface area (Å²) in [6.45, 7) is -1.15. The van der Waals surface area contributed by atoms with E-state index in [2.05, 4.69) is 4.74 Å². The van der Waals surface area contributed by atoms with Crippen LogP contribution in [0.5, 0.6) is 5.75 Å². The van der Waals surface area contributed by atoms with Gasteiger partial charge in [0.15, 0.2) is 5.78 Å². The van der Waals surface area contributed by atoms with Gasteiger partial charge in [-0.1, -0.05) is 13.0 Å². The average Bonchev–Trinajstić information content (AvgIpc) is 2.19. The highest BCUT2D eigenvalue weighted by molar-refractivity contribution is 14.1. The molecule has 0 unspecified atom stereocenters. The van der Waals surface area contributed by atoms with E-state index in [0.717, 1.165) is 0 Å². The van der Waals surface area contributed by atoms with Gasteiger partial charge >= 0.3 is 6.61 Å². The van der Waals surface area contributed by atoms with Gasteiger partial charge in [-0.15, -0.1) is 0 Å². The highest BCUT2D eigenvalue weighted by Crippen LogP contribution is 2.24. The van der Waals surface area contributed by atoms with E-state index in [1.165, 1.54) is 6.07 Å². The summed E-state index contributed by atoms with van der Waals surface area (Å²) in [5, 5.41) is 0. The zero-order valence-corrected chi connectivity index (χ0v) is 10.1. The summed E-state index contributed by atoms with van der Waals surface area (Å²) in [4.78, 5) is 11.3. The van der Waals surface area contributed by atoms with Crippen LogP contribution < -0.4 is 4.74 Å². The van der Waals surface area contributed by atoms with Crippen molar-refractivity contribution >= 4 is 28.4 Å². The largest absolute Gasteiger partial charge is 0.434 e. The van der Waals surface area contributed by atoms with Crippen molar-refractivity contribution in [2.45, 2.75) is 20.0 Å². The number of carbonyl (C=O) groups is 1. The molecule has 0 atom stereocenters. The van der Waals surface area contributed by atoms with Crippen molar-refractivity contribution in [3.8, 4) is 5.75 Å². The van der Waals surface area contributed by atoms with Gasteiger partial charge in [0, 0.05) is 12.0 Å². The highest BCUT2D eigenvalue weighted by atomic mass is 127. The summed E-state index contributed by atoms with van der Waals surface area (Å²) in [6.07, 6.45) is 0.342. The fourth-order valence-electron chi connectivity index (χ4n) is 1.07. The summed E-state index contributed by atoms with van der Waals surface area (Å²) in [7, 11) is 0. The predicted octanol–water partition coefficient (Wildman–Crippen LogP) is 3.49. The molecule has 0 spiro atoms. The van der Waals surface area contributed by atoms with Gasteiger partial charge in [-0.3, -0.25) is 4.79 Å². The van der Waals surface area contributed by atoms with E-state index in [9.17, 15) is 13.6 Å². The van der Waals surface area contributed by atoms with Crippen LogP contribution in [0.25, 0.3) is 0 Å². The molecule has 82 valence electrons. The van der Waals surface area contributed by atoms with Gasteiger partial charge in [0.2, 0.25) is 0 Å². The van der Waals surface area contributed by atoms with Crippen LogP contribution in [-0.4, -0.2) is 12.4 Å². The molecule has 0 aliphatic carbocycles. The Kier molecular flexibility index (Phi) is 4.44. The number of ether oxygens (including phenoxy) is 1. The SMILES string of the molecule is CCC(=O)c1ccc(I)c(OC(F)F)c1. The van der Waals surface area contributed by atoms with Crippen molar-refractivity contribution in [1.29, 1.82) is 0 Å². The lowest BCUT2D eigenvalue weighted by Gasteiger charge is -2.08. The molecule has 0 N–H and O–H groups in total. The smallest absolute Gasteiger partial charge is 0.387 e. The third-order valence-corrected chi connectivity index (χ3v) is 2.68. The third kappa shape index (κ3) is 3.40. The van der Waals surface area contributed by atoms with E-state index >= 15 is 0 Å². The standard InChI is InChI=1S/C10H9F2IO2/c1-2-8(14)6-3-4-7(13)9(5-6)15-10(11)12/h3-5,10H,2H2,1H3. The summed E-state index contributed by atoms with van der Waals surface area (Å²) in [5.74, 6) is -0.0459. The van der Waals surface area contributed by atoms with Gasteiger partial charge in [-0.05, 0) is 34.7 Å². The Labute approximate surface area is 99.8 Å². The van der Waals surface area contributed by atoms with Crippen molar-refractivity contribution in [2.24, 2.45) is 0 Å². The number of Topliss-reactive ketones (excluding diaryl/α,β-unsaturated/α-hetero) is 1. The van der Waals surface area contributed by atoms with E-state index in [-0.39, 0.29) is 11.5 Å². The normalized spacial score (nSPS) is 10.5. The Morgan fingerprint density at radius 3 is 2.73 bits per heavy atom. The molecule has 15 heavy (non-hydrogen) atoms. The molecule has 0 saturated heterocycles. The Hall–Kier alpha value is -0.720. The maximum absolute atomic E-state index is 12.0. The fourth-order valence-corrected chi connectivity index (χ4v) is 1.53. The van der Waals surface area contributed by atoms with Gasteiger partial charge in [0.1, 0.15) is 5.75 Å². The second-order valence-electron chi connectivity index (χ2n) is 2.80. The van der Waals surface area contributed by atoms with E-state index in [1.54, 1.807) is 19.1 Å². The van der Waals surface area contributed by atoms with Crippen molar-refractivity contribution < 1.29 is 18.3 Å². The molecule has 0 saturated carbocycles. The van der Waals surface area contributed by atoms with Crippen LogP contribution >= 0.6 is 22.6 Å². The molecule has 0 heterocycles. The lowest BCUT2D eigenvalue weighted by molar-refractivity contribution is -0.0504. The molecule has 0 aliphatic heterocycles. The molecule has 0 aliphatic rings. The van der Waals surface area contributed by atoms with Crippen molar-refractivity contribution in [3.05, 3.63) is 27.3 Å². The Balaban J connectivity index is 2.99. The van der Waals surface area contributed by atoms with Gasteiger partial charge in [-0.25, -0.2) is 0 Å². The molecule has 0 fully saturated rings.